The van der Waals surface area contributed by atoms with E-state index >= 15 is 0 Å². The molecular formula is C23H21N3O4. The van der Waals surface area contributed by atoms with Crippen molar-refractivity contribution in [1.29, 1.82) is 0 Å². The second-order valence-electron chi connectivity index (χ2n) is 7.97. The fraction of sp³-hybridized carbons (Fsp3) is 0.261. The Hall–Kier alpha value is -3.61. The lowest BCUT2D eigenvalue weighted by Crippen LogP contribution is -2.60. The highest BCUT2D eigenvalue weighted by atomic mass is 16.4. The van der Waals surface area contributed by atoms with Crippen molar-refractivity contribution in [2.24, 2.45) is 0 Å². The first kappa shape index (κ1) is 18.4. The van der Waals surface area contributed by atoms with Crippen LogP contribution in [0.15, 0.2) is 48.5 Å². The van der Waals surface area contributed by atoms with Gasteiger partial charge in [0.1, 0.15) is 6.04 Å². The molecule has 0 radical (unpaired) electrons. The second kappa shape index (κ2) is 6.73. The molecule has 0 bridgehead atoms. The molecule has 0 aliphatic carbocycles. The van der Waals surface area contributed by atoms with Crippen LogP contribution in [0.25, 0.3) is 10.9 Å². The molecule has 1 atom stereocenters. The van der Waals surface area contributed by atoms with Gasteiger partial charge in [0.2, 0.25) is 11.8 Å². The van der Waals surface area contributed by atoms with Crippen LogP contribution < -0.4 is 0 Å². The van der Waals surface area contributed by atoms with Crippen molar-refractivity contribution in [2.75, 3.05) is 13.6 Å². The molecule has 1 unspecified atom stereocenters. The number of rotatable bonds is 3. The fourth-order valence-electron chi connectivity index (χ4n) is 4.64. The number of fused-ring (bicyclic) bond motifs is 4. The number of hydrogen-bond donors (Lipinski definition) is 1. The molecule has 0 saturated carbocycles. The Morgan fingerprint density at radius 1 is 1.07 bits per heavy atom. The van der Waals surface area contributed by atoms with Crippen molar-refractivity contribution in [2.45, 2.75) is 25.6 Å². The third-order valence-corrected chi connectivity index (χ3v) is 6.18. The standard InChI is InChI=1S/C23H21N3O4/c1-24-13-21(27)26-12-20-17(10-19(26)22(24)28)16-4-2-3-5-18(16)25(20)11-14-6-8-15(9-7-14)23(29)30/h2-9,19H,10-13H2,1H3,(H,29,30). The summed E-state index contributed by atoms with van der Waals surface area (Å²) in [5, 5.41) is 10.2. The van der Waals surface area contributed by atoms with E-state index in [9.17, 15) is 14.4 Å². The predicted octanol–water partition coefficient (Wildman–Crippen LogP) is 2.11. The average Bonchev–Trinajstić information content (AvgIpc) is 3.05. The van der Waals surface area contributed by atoms with Crippen molar-refractivity contribution in [3.63, 3.8) is 0 Å². The first-order chi connectivity index (χ1) is 14.4. The molecule has 3 heterocycles. The largest absolute Gasteiger partial charge is 0.478 e. The summed E-state index contributed by atoms with van der Waals surface area (Å²) in [6.07, 6.45) is 0.510. The third kappa shape index (κ3) is 2.77. The number of aromatic carboxylic acids is 1. The Morgan fingerprint density at radius 3 is 2.53 bits per heavy atom. The van der Waals surface area contributed by atoms with Crippen molar-refractivity contribution in [1.82, 2.24) is 14.4 Å². The Labute approximate surface area is 173 Å². The van der Waals surface area contributed by atoms with E-state index in [1.54, 1.807) is 24.1 Å². The first-order valence-electron chi connectivity index (χ1n) is 9.89. The van der Waals surface area contributed by atoms with Gasteiger partial charge in [0.25, 0.3) is 0 Å². The number of benzene rings is 2. The minimum Gasteiger partial charge on any atom is -0.478 e. The quantitative estimate of drug-likeness (QED) is 0.726. The number of carboxylic acid groups (broad SMARTS) is 1. The molecule has 1 N–H and O–H groups in total. The van der Waals surface area contributed by atoms with Crippen LogP contribution in [0.1, 0.15) is 27.2 Å². The number of carboxylic acids is 1. The van der Waals surface area contributed by atoms with Crippen LogP contribution in [0.5, 0.6) is 0 Å². The van der Waals surface area contributed by atoms with Gasteiger partial charge in [-0.25, -0.2) is 4.79 Å². The Kier molecular flexibility index (Phi) is 4.13. The molecule has 0 spiro atoms. The van der Waals surface area contributed by atoms with E-state index in [-0.39, 0.29) is 23.9 Å². The van der Waals surface area contributed by atoms with Crippen molar-refractivity contribution in [3.8, 4) is 0 Å². The molecule has 2 aliphatic heterocycles. The molecule has 2 amide bonds. The smallest absolute Gasteiger partial charge is 0.335 e. The number of aromatic nitrogens is 1. The lowest BCUT2D eigenvalue weighted by atomic mass is 9.94. The summed E-state index contributed by atoms with van der Waals surface area (Å²) in [7, 11) is 1.68. The number of piperazine rings is 1. The van der Waals surface area contributed by atoms with E-state index in [1.807, 2.05) is 30.3 Å². The van der Waals surface area contributed by atoms with Gasteiger partial charge in [-0.1, -0.05) is 30.3 Å². The SMILES string of the molecule is CN1CC(=O)N2Cc3c(c4ccccc4n3Cc3ccc(C(=O)O)cc3)CC2C1=O. The highest BCUT2D eigenvalue weighted by molar-refractivity contribution is 5.96. The van der Waals surface area contributed by atoms with Crippen molar-refractivity contribution in [3.05, 3.63) is 70.9 Å². The van der Waals surface area contributed by atoms with Crippen LogP contribution in [0.4, 0.5) is 0 Å². The second-order valence-corrected chi connectivity index (χ2v) is 7.97. The van der Waals surface area contributed by atoms with Crippen LogP contribution >= 0.6 is 0 Å². The predicted molar refractivity (Wildman–Crippen MR) is 110 cm³/mol. The maximum absolute atomic E-state index is 12.7. The zero-order chi connectivity index (χ0) is 21.0. The summed E-state index contributed by atoms with van der Waals surface area (Å²) in [4.78, 5) is 39.7. The zero-order valence-corrected chi connectivity index (χ0v) is 16.5. The van der Waals surface area contributed by atoms with E-state index in [0.29, 0.717) is 19.5 Å². The van der Waals surface area contributed by atoms with Gasteiger partial charge in [-0.3, -0.25) is 9.59 Å². The minimum absolute atomic E-state index is 0.0126. The van der Waals surface area contributed by atoms with Crippen molar-refractivity contribution < 1.29 is 19.5 Å². The van der Waals surface area contributed by atoms with Gasteiger partial charge in [0.15, 0.2) is 0 Å². The molecule has 7 heteroatoms. The minimum atomic E-state index is -0.949. The Balaban J connectivity index is 1.59. The lowest BCUT2D eigenvalue weighted by molar-refractivity contribution is -0.155. The van der Waals surface area contributed by atoms with E-state index in [0.717, 1.165) is 27.7 Å². The lowest BCUT2D eigenvalue weighted by Gasteiger charge is -2.41. The number of carbonyl (C=O) groups excluding carboxylic acids is 2. The van der Waals surface area contributed by atoms with E-state index in [4.69, 9.17) is 5.11 Å². The fourth-order valence-corrected chi connectivity index (χ4v) is 4.64. The van der Waals surface area contributed by atoms with Crippen LogP contribution in [0.3, 0.4) is 0 Å². The van der Waals surface area contributed by atoms with E-state index in [1.165, 1.54) is 4.90 Å². The van der Waals surface area contributed by atoms with Gasteiger partial charge in [-0.15, -0.1) is 0 Å². The summed E-state index contributed by atoms with van der Waals surface area (Å²) < 4.78 is 2.19. The maximum atomic E-state index is 12.7. The summed E-state index contributed by atoms with van der Waals surface area (Å²) >= 11 is 0. The molecular weight excluding hydrogens is 382 g/mol. The molecule has 5 rings (SSSR count). The first-order valence-corrected chi connectivity index (χ1v) is 9.89. The maximum Gasteiger partial charge on any atom is 0.335 e. The molecule has 3 aromatic rings. The number of nitrogens with zero attached hydrogens (tertiary/aromatic N) is 3. The van der Waals surface area contributed by atoms with Crippen molar-refractivity contribution >= 4 is 28.7 Å². The Morgan fingerprint density at radius 2 is 1.80 bits per heavy atom. The van der Waals surface area contributed by atoms with E-state index in [2.05, 4.69) is 10.6 Å². The molecule has 1 aromatic heterocycles. The molecule has 152 valence electrons. The highest BCUT2D eigenvalue weighted by Crippen LogP contribution is 2.35. The third-order valence-electron chi connectivity index (χ3n) is 6.18. The number of para-hydroxylation sites is 1. The van der Waals surface area contributed by atoms with Gasteiger partial charge >= 0.3 is 5.97 Å². The zero-order valence-electron chi connectivity index (χ0n) is 16.5. The summed E-state index contributed by atoms with van der Waals surface area (Å²) in [6.45, 7) is 1.08. The molecule has 1 fully saturated rings. The monoisotopic (exact) mass is 403 g/mol. The molecule has 1 saturated heterocycles. The van der Waals surface area contributed by atoms with Gasteiger partial charge in [-0.05, 0) is 29.3 Å². The Bertz CT molecular complexity index is 1200. The summed E-state index contributed by atoms with van der Waals surface area (Å²) in [5.41, 5.74) is 4.44. The number of amides is 2. The normalized spacial score (nSPS) is 18.5. The van der Waals surface area contributed by atoms with Gasteiger partial charge in [0.05, 0.1) is 18.7 Å². The van der Waals surface area contributed by atoms with Gasteiger partial charge in [-0.2, -0.15) is 0 Å². The highest BCUT2D eigenvalue weighted by Gasteiger charge is 2.42. The summed E-state index contributed by atoms with van der Waals surface area (Å²) in [6, 6.07) is 14.5. The molecule has 2 aliphatic rings. The molecule has 30 heavy (non-hydrogen) atoms. The average molecular weight is 403 g/mol. The van der Waals surface area contributed by atoms with Gasteiger partial charge < -0.3 is 19.5 Å². The van der Waals surface area contributed by atoms with Crippen LogP contribution in [0.2, 0.25) is 0 Å². The number of hydrogen-bond acceptors (Lipinski definition) is 3. The van der Waals surface area contributed by atoms with Crippen LogP contribution in [-0.4, -0.2) is 56.9 Å². The van der Waals surface area contributed by atoms with Gasteiger partial charge in [0, 0.05) is 36.6 Å². The number of carbonyl (C=O) groups is 3. The number of likely N-dealkylation sites (N-methyl/N-ethyl adjacent to an activating group) is 1. The molecule has 2 aromatic carbocycles. The molecule has 7 nitrogen and oxygen atoms in total. The van der Waals surface area contributed by atoms with Crippen LogP contribution in [0, 0.1) is 0 Å². The summed E-state index contributed by atoms with van der Waals surface area (Å²) in [5.74, 6) is -0.994. The topological polar surface area (TPSA) is 82.8 Å². The van der Waals surface area contributed by atoms with Crippen LogP contribution in [-0.2, 0) is 29.1 Å². The van der Waals surface area contributed by atoms with E-state index < -0.39 is 12.0 Å².